The molecule has 0 spiro atoms. The number of guanidine groups is 1. The molecule has 5 nitrogen and oxygen atoms in total. The quantitative estimate of drug-likeness (QED) is 0.659. The van der Waals surface area contributed by atoms with Crippen LogP contribution < -0.4 is 5.32 Å². The number of thiazole rings is 1. The summed E-state index contributed by atoms with van der Waals surface area (Å²) in [6.07, 6.45) is 3.99. The van der Waals surface area contributed by atoms with Crippen molar-refractivity contribution < 1.29 is 0 Å². The van der Waals surface area contributed by atoms with Gasteiger partial charge in [-0.25, -0.2) is 9.98 Å². The van der Waals surface area contributed by atoms with E-state index < -0.39 is 0 Å². The van der Waals surface area contributed by atoms with Crippen LogP contribution in [0.3, 0.4) is 0 Å². The van der Waals surface area contributed by atoms with Crippen LogP contribution in [0, 0.1) is 0 Å². The fourth-order valence-electron chi connectivity index (χ4n) is 3.64. The zero-order chi connectivity index (χ0) is 17.9. The average Bonchev–Trinajstić information content (AvgIpc) is 3.31. The Kier molecular flexibility index (Phi) is 6.00. The van der Waals surface area contributed by atoms with Gasteiger partial charge >= 0.3 is 0 Å². The van der Waals surface area contributed by atoms with E-state index in [1.54, 1.807) is 11.3 Å². The van der Waals surface area contributed by atoms with Crippen molar-refractivity contribution in [1.82, 2.24) is 20.1 Å². The van der Waals surface area contributed by atoms with Crippen LogP contribution >= 0.6 is 11.3 Å². The lowest BCUT2D eigenvalue weighted by molar-refractivity contribution is 0.249. The Morgan fingerprint density at radius 2 is 2.08 bits per heavy atom. The van der Waals surface area contributed by atoms with Gasteiger partial charge in [-0.2, -0.15) is 0 Å². The summed E-state index contributed by atoms with van der Waals surface area (Å²) < 4.78 is 0. The van der Waals surface area contributed by atoms with Gasteiger partial charge in [0, 0.05) is 36.5 Å². The highest BCUT2D eigenvalue weighted by molar-refractivity contribution is 7.09. The molecule has 25 heavy (non-hydrogen) atoms. The molecule has 1 atom stereocenters. The monoisotopic (exact) mass is 363 g/mol. The van der Waals surface area contributed by atoms with Gasteiger partial charge in [-0.1, -0.05) is 20.8 Å². The number of rotatable bonds is 4. The van der Waals surface area contributed by atoms with E-state index in [0.717, 1.165) is 30.6 Å². The first-order valence-corrected chi connectivity index (χ1v) is 10.6. The van der Waals surface area contributed by atoms with Gasteiger partial charge in [0.15, 0.2) is 5.96 Å². The Morgan fingerprint density at radius 3 is 2.72 bits per heavy atom. The molecule has 0 aromatic carbocycles. The Labute approximate surface area is 156 Å². The summed E-state index contributed by atoms with van der Waals surface area (Å²) in [5, 5.41) is 6.76. The van der Waals surface area contributed by atoms with E-state index in [4.69, 9.17) is 9.98 Å². The number of hydrogen-bond acceptors (Lipinski definition) is 4. The molecule has 0 aliphatic carbocycles. The van der Waals surface area contributed by atoms with Crippen molar-refractivity contribution >= 4 is 17.3 Å². The summed E-state index contributed by atoms with van der Waals surface area (Å²) in [7, 11) is 0. The predicted octanol–water partition coefficient (Wildman–Crippen LogP) is 3.08. The van der Waals surface area contributed by atoms with Crippen LogP contribution in [0.25, 0.3) is 0 Å². The molecule has 2 fully saturated rings. The molecular weight excluding hydrogens is 330 g/mol. The van der Waals surface area contributed by atoms with Gasteiger partial charge < -0.3 is 10.2 Å². The molecular formula is C19H33N5S. The highest BCUT2D eigenvalue weighted by Crippen LogP contribution is 2.24. The van der Waals surface area contributed by atoms with Gasteiger partial charge in [0.25, 0.3) is 0 Å². The van der Waals surface area contributed by atoms with E-state index in [1.807, 2.05) is 0 Å². The van der Waals surface area contributed by atoms with Gasteiger partial charge in [0.05, 0.1) is 12.2 Å². The normalized spacial score (nSPS) is 22.8. The molecule has 2 aliphatic rings. The smallest absolute Gasteiger partial charge is 0.194 e. The number of aromatic nitrogens is 1. The van der Waals surface area contributed by atoms with E-state index in [2.05, 4.69) is 48.2 Å². The predicted molar refractivity (Wildman–Crippen MR) is 106 cm³/mol. The maximum absolute atomic E-state index is 4.88. The first kappa shape index (κ1) is 18.6. The molecule has 1 unspecified atom stereocenters. The van der Waals surface area contributed by atoms with Gasteiger partial charge in [-0.3, -0.25) is 4.90 Å². The molecule has 1 aromatic rings. The first-order valence-electron chi connectivity index (χ1n) is 9.69. The lowest BCUT2D eigenvalue weighted by Gasteiger charge is -2.25. The number of nitrogens with zero attached hydrogens (tertiary/aromatic N) is 4. The SMILES string of the molecule is CCNC(=NCc1nc(C(C)(C)C)cs1)N1CCC(N2CCCC2)C1. The van der Waals surface area contributed by atoms with Crippen molar-refractivity contribution in [3.63, 3.8) is 0 Å². The van der Waals surface area contributed by atoms with Crippen molar-refractivity contribution in [3.05, 3.63) is 16.1 Å². The highest BCUT2D eigenvalue weighted by Gasteiger charge is 2.30. The Bertz CT molecular complexity index is 583. The zero-order valence-corrected chi connectivity index (χ0v) is 17.0. The minimum atomic E-state index is 0.112. The third kappa shape index (κ3) is 4.73. The Morgan fingerprint density at radius 1 is 1.32 bits per heavy atom. The summed E-state index contributed by atoms with van der Waals surface area (Å²) in [6.45, 7) is 15.1. The van der Waals surface area contributed by atoms with Gasteiger partial charge in [0.2, 0.25) is 0 Å². The third-order valence-corrected chi connectivity index (χ3v) is 5.97. The molecule has 1 aromatic heterocycles. The fraction of sp³-hybridized carbons (Fsp3) is 0.789. The van der Waals surface area contributed by atoms with Gasteiger partial charge in [-0.05, 0) is 39.3 Å². The molecule has 6 heteroatoms. The number of likely N-dealkylation sites (tertiary alicyclic amines) is 2. The molecule has 2 aliphatic heterocycles. The molecule has 0 bridgehead atoms. The van der Waals surface area contributed by atoms with Crippen molar-refractivity contribution in [1.29, 1.82) is 0 Å². The Balaban J connectivity index is 1.62. The number of aliphatic imine (C=N–C) groups is 1. The highest BCUT2D eigenvalue weighted by atomic mass is 32.1. The molecule has 140 valence electrons. The summed E-state index contributed by atoms with van der Waals surface area (Å²) in [6, 6.07) is 0.707. The lowest BCUT2D eigenvalue weighted by Crippen LogP contribution is -2.42. The van der Waals surface area contributed by atoms with Gasteiger partial charge in [0.1, 0.15) is 5.01 Å². The maximum Gasteiger partial charge on any atom is 0.194 e. The van der Waals surface area contributed by atoms with Crippen LogP contribution in [-0.2, 0) is 12.0 Å². The van der Waals surface area contributed by atoms with Crippen LogP contribution in [0.15, 0.2) is 10.4 Å². The Hall–Kier alpha value is -1.14. The molecule has 0 saturated carbocycles. The molecule has 2 saturated heterocycles. The summed E-state index contributed by atoms with van der Waals surface area (Å²) in [4.78, 5) is 14.8. The van der Waals surface area contributed by atoms with Crippen LogP contribution in [0.2, 0.25) is 0 Å². The molecule has 3 rings (SSSR count). The molecule has 0 radical (unpaired) electrons. The van der Waals surface area contributed by atoms with Crippen LogP contribution in [0.4, 0.5) is 0 Å². The largest absolute Gasteiger partial charge is 0.357 e. The summed E-state index contributed by atoms with van der Waals surface area (Å²) in [5.74, 6) is 1.05. The van der Waals surface area contributed by atoms with Gasteiger partial charge in [-0.15, -0.1) is 11.3 Å². The second-order valence-corrected chi connectivity index (χ2v) is 9.12. The maximum atomic E-state index is 4.88. The van der Waals surface area contributed by atoms with Crippen molar-refractivity contribution in [3.8, 4) is 0 Å². The van der Waals surface area contributed by atoms with E-state index in [1.165, 1.54) is 38.0 Å². The third-order valence-electron chi connectivity index (χ3n) is 5.14. The second-order valence-electron chi connectivity index (χ2n) is 8.18. The van der Waals surface area contributed by atoms with Crippen LogP contribution in [-0.4, -0.2) is 59.5 Å². The lowest BCUT2D eigenvalue weighted by atomic mass is 9.93. The number of nitrogens with one attached hydrogen (secondary N) is 1. The van der Waals surface area contributed by atoms with Crippen LogP contribution in [0.5, 0.6) is 0 Å². The van der Waals surface area contributed by atoms with E-state index in [-0.39, 0.29) is 5.41 Å². The van der Waals surface area contributed by atoms with Crippen molar-refractivity contribution in [2.45, 2.75) is 65.0 Å². The zero-order valence-electron chi connectivity index (χ0n) is 16.2. The number of hydrogen-bond donors (Lipinski definition) is 1. The molecule has 1 N–H and O–H groups in total. The standard InChI is InChI=1S/C19H33N5S/c1-5-20-18(21-12-17-22-16(14-25-17)19(2,3)4)24-11-8-15(13-24)23-9-6-7-10-23/h14-15H,5-13H2,1-4H3,(H,20,21). The van der Waals surface area contributed by atoms with E-state index in [9.17, 15) is 0 Å². The molecule has 3 heterocycles. The van der Waals surface area contributed by atoms with E-state index >= 15 is 0 Å². The fourth-order valence-corrected chi connectivity index (χ4v) is 4.58. The average molecular weight is 364 g/mol. The van der Waals surface area contributed by atoms with Crippen molar-refractivity contribution in [2.24, 2.45) is 4.99 Å². The minimum absolute atomic E-state index is 0.112. The second kappa shape index (κ2) is 8.04. The topological polar surface area (TPSA) is 43.8 Å². The summed E-state index contributed by atoms with van der Waals surface area (Å²) >= 11 is 1.73. The minimum Gasteiger partial charge on any atom is -0.357 e. The van der Waals surface area contributed by atoms with Crippen molar-refractivity contribution in [2.75, 3.05) is 32.7 Å². The summed E-state index contributed by atoms with van der Waals surface area (Å²) in [5.41, 5.74) is 1.28. The van der Waals surface area contributed by atoms with E-state index in [0.29, 0.717) is 12.6 Å². The van der Waals surface area contributed by atoms with Crippen LogP contribution in [0.1, 0.15) is 57.7 Å². The first-order chi connectivity index (χ1) is 12.0. The molecule has 0 amide bonds.